The molecular weight excluding hydrogens is 308 g/mol. The first-order valence-electron chi connectivity index (χ1n) is 7.80. The van der Waals surface area contributed by atoms with Gasteiger partial charge in [0.2, 0.25) is 0 Å². The van der Waals surface area contributed by atoms with Gasteiger partial charge in [-0.05, 0) is 56.2 Å². The molecule has 1 N–H and O–H groups in total. The largest absolute Gasteiger partial charge is 0.483 e. The SMILES string of the molecule is CSc1cccc(NC(=O)COc2ccnc3c2CCCC3)c1. The van der Waals surface area contributed by atoms with Crippen molar-refractivity contribution in [2.45, 2.75) is 30.6 Å². The number of benzene rings is 1. The predicted octanol–water partition coefficient (Wildman–Crippen LogP) is 3.70. The molecule has 0 bridgehead atoms. The Morgan fingerprint density at radius 3 is 3.04 bits per heavy atom. The van der Waals surface area contributed by atoms with E-state index in [4.69, 9.17) is 4.74 Å². The Labute approximate surface area is 140 Å². The predicted molar refractivity (Wildman–Crippen MR) is 93.2 cm³/mol. The molecule has 0 radical (unpaired) electrons. The molecule has 1 heterocycles. The molecule has 4 nitrogen and oxygen atoms in total. The Hall–Kier alpha value is -2.01. The number of rotatable bonds is 5. The summed E-state index contributed by atoms with van der Waals surface area (Å²) in [6.45, 7) is 0.0138. The molecule has 0 saturated carbocycles. The third-order valence-electron chi connectivity index (χ3n) is 3.90. The van der Waals surface area contributed by atoms with Gasteiger partial charge in [0.05, 0.1) is 0 Å². The number of ether oxygens (including phenoxy) is 1. The zero-order valence-corrected chi connectivity index (χ0v) is 14.0. The molecule has 0 spiro atoms. The molecule has 2 aromatic rings. The molecule has 23 heavy (non-hydrogen) atoms. The Kier molecular flexibility index (Phi) is 5.18. The van der Waals surface area contributed by atoms with E-state index in [0.717, 1.165) is 46.9 Å². The quantitative estimate of drug-likeness (QED) is 0.850. The van der Waals surface area contributed by atoms with Crippen molar-refractivity contribution in [1.82, 2.24) is 4.98 Å². The topological polar surface area (TPSA) is 51.2 Å². The van der Waals surface area contributed by atoms with Gasteiger partial charge in [0.15, 0.2) is 6.61 Å². The van der Waals surface area contributed by atoms with Gasteiger partial charge in [0.1, 0.15) is 5.75 Å². The standard InChI is InChI=1S/C18H20N2O2S/c1-23-14-6-4-5-13(11-14)20-18(21)12-22-17-9-10-19-16-8-3-2-7-15(16)17/h4-6,9-11H,2-3,7-8,12H2,1H3,(H,20,21). The molecule has 0 atom stereocenters. The van der Waals surface area contributed by atoms with Crippen LogP contribution in [0.5, 0.6) is 5.75 Å². The summed E-state index contributed by atoms with van der Waals surface area (Å²) in [6, 6.07) is 9.64. The number of fused-ring (bicyclic) bond motifs is 1. The first-order valence-corrected chi connectivity index (χ1v) is 9.02. The number of anilines is 1. The minimum Gasteiger partial charge on any atom is -0.483 e. The lowest BCUT2D eigenvalue weighted by Gasteiger charge is -2.18. The van der Waals surface area contributed by atoms with Crippen molar-refractivity contribution >= 4 is 23.4 Å². The van der Waals surface area contributed by atoms with Crippen LogP contribution in [0.25, 0.3) is 0 Å². The van der Waals surface area contributed by atoms with Crippen LogP contribution in [0.4, 0.5) is 5.69 Å². The van der Waals surface area contributed by atoms with E-state index in [0.29, 0.717) is 0 Å². The number of carbonyl (C=O) groups excluding carboxylic acids is 1. The summed E-state index contributed by atoms with van der Waals surface area (Å²) in [5.74, 6) is 0.646. The summed E-state index contributed by atoms with van der Waals surface area (Å²) < 4.78 is 5.74. The van der Waals surface area contributed by atoms with Gasteiger partial charge >= 0.3 is 0 Å². The number of carbonyl (C=O) groups is 1. The van der Waals surface area contributed by atoms with E-state index >= 15 is 0 Å². The van der Waals surface area contributed by atoms with Gasteiger partial charge in [-0.3, -0.25) is 9.78 Å². The van der Waals surface area contributed by atoms with E-state index in [1.807, 2.05) is 36.6 Å². The number of hydrogen-bond donors (Lipinski definition) is 1. The fourth-order valence-corrected chi connectivity index (χ4v) is 3.23. The van der Waals surface area contributed by atoms with Gasteiger partial charge in [-0.15, -0.1) is 11.8 Å². The lowest BCUT2D eigenvalue weighted by atomic mass is 9.95. The Balaban J connectivity index is 1.61. The molecule has 1 aliphatic rings. The molecule has 0 aliphatic heterocycles. The molecule has 0 unspecified atom stereocenters. The van der Waals surface area contributed by atoms with Crippen molar-refractivity contribution in [2.75, 3.05) is 18.2 Å². The van der Waals surface area contributed by atoms with Gasteiger partial charge in [0, 0.05) is 28.0 Å². The van der Waals surface area contributed by atoms with Crippen LogP contribution in [0.15, 0.2) is 41.4 Å². The fourth-order valence-electron chi connectivity index (χ4n) is 2.77. The molecular formula is C18H20N2O2S. The lowest BCUT2D eigenvalue weighted by Crippen LogP contribution is -2.21. The Bertz CT molecular complexity index is 703. The Morgan fingerprint density at radius 2 is 2.17 bits per heavy atom. The van der Waals surface area contributed by atoms with E-state index in [1.165, 1.54) is 6.42 Å². The minimum atomic E-state index is -0.148. The van der Waals surface area contributed by atoms with Crippen LogP contribution >= 0.6 is 11.8 Å². The van der Waals surface area contributed by atoms with Gasteiger partial charge < -0.3 is 10.1 Å². The number of amides is 1. The molecule has 120 valence electrons. The second-order valence-corrected chi connectivity index (χ2v) is 6.39. The average molecular weight is 328 g/mol. The van der Waals surface area contributed by atoms with Gasteiger partial charge in [0.25, 0.3) is 5.91 Å². The highest BCUT2D eigenvalue weighted by atomic mass is 32.2. The summed E-state index contributed by atoms with van der Waals surface area (Å²) >= 11 is 1.65. The molecule has 1 amide bonds. The summed E-state index contributed by atoms with van der Waals surface area (Å²) in [4.78, 5) is 17.6. The molecule has 1 aromatic heterocycles. The maximum absolute atomic E-state index is 12.1. The molecule has 3 rings (SSSR count). The maximum atomic E-state index is 12.1. The van der Waals surface area contributed by atoms with Crippen LogP contribution < -0.4 is 10.1 Å². The van der Waals surface area contributed by atoms with E-state index in [-0.39, 0.29) is 12.5 Å². The van der Waals surface area contributed by atoms with E-state index in [9.17, 15) is 4.79 Å². The zero-order valence-electron chi connectivity index (χ0n) is 13.2. The summed E-state index contributed by atoms with van der Waals surface area (Å²) in [6.07, 6.45) is 8.09. The van der Waals surface area contributed by atoms with Gasteiger partial charge in [-0.1, -0.05) is 6.07 Å². The Morgan fingerprint density at radius 1 is 1.30 bits per heavy atom. The second kappa shape index (κ2) is 7.51. The second-order valence-electron chi connectivity index (χ2n) is 5.51. The molecule has 1 aliphatic carbocycles. The highest BCUT2D eigenvalue weighted by molar-refractivity contribution is 7.98. The lowest BCUT2D eigenvalue weighted by molar-refractivity contribution is -0.118. The third-order valence-corrected chi connectivity index (χ3v) is 4.63. The number of thioether (sulfide) groups is 1. The first kappa shape index (κ1) is 15.9. The number of nitrogens with one attached hydrogen (secondary N) is 1. The van der Waals surface area contributed by atoms with Crippen LogP contribution in [0, 0.1) is 0 Å². The van der Waals surface area contributed by atoms with Crippen molar-refractivity contribution in [1.29, 1.82) is 0 Å². The minimum absolute atomic E-state index is 0.0138. The van der Waals surface area contributed by atoms with Crippen molar-refractivity contribution in [3.05, 3.63) is 47.8 Å². The smallest absolute Gasteiger partial charge is 0.262 e. The molecule has 0 saturated heterocycles. The van der Waals surface area contributed by atoms with Crippen LogP contribution in [-0.4, -0.2) is 23.8 Å². The average Bonchev–Trinajstić information content (AvgIpc) is 2.60. The summed E-state index contributed by atoms with van der Waals surface area (Å²) in [7, 11) is 0. The number of pyridine rings is 1. The summed E-state index contributed by atoms with van der Waals surface area (Å²) in [5, 5.41) is 2.87. The number of nitrogens with zero attached hydrogens (tertiary/aromatic N) is 1. The number of aromatic nitrogens is 1. The van der Waals surface area contributed by atoms with E-state index in [1.54, 1.807) is 18.0 Å². The molecule has 1 aromatic carbocycles. The monoisotopic (exact) mass is 328 g/mol. The third kappa shape index (κ3) is 4.05. The fraction of sp³-hybridized carbons (Fsp3) is 0.333. The van der Waals surface area contributed by atoms with Gasteiger partial charge in [-0.2, -0.15) is 0 Å². The van der Waals surface area contributed by atoms with Crippen LogP contribution in [0.1, 0.15) is 24.1 Å². The van der Waals surface area contributed by atoms with Crippen LogP contribution in [0.3, 0.4) is 0 Å². The van der Waals surface area contributed by atoms with Crippen molar-refractivity contribution in [2.24, 2.45) is 0 Å². The zero-order chi connectivity index (χ0) is 16.1. The van der Waals surface area contributed by atoms with Crippen LogP contribution in [-0.2, 0) is 17.6 Å². The van der Waals surface area contributed by atoms with E-state index in [2.05, 4.69) is 10.3 Å². The highest BCUT2D eigenvalue weighted by Gasteiger charge is 2.15. The normalized spacial score (nSPS) is 13.3. The van der Waals surface area contributed by atoms with Gasteiger partial charge in [-0.25, -0.2) is 0 Å². The number of hydrogen-bond acceptors (Lipinski definition) is 4. The number of aryl methyl sites for hydroxylation is 1. The van der Waals surface area contributed by atoms with E-state index < -0.39 is 0 Å². The van der Waals surface area contributed by atoms with Crippen molar-refractivity contribution in [3.8, 4) is 5.75 Å². The highest BCUT2D eigenvalue weighted by Crippen LogP contribution is 2.27. The first-order chi connectivity index (χ1) is 11.3. The van der Waals surface area contributed by atoms with Crippen LogP contribution in [0.2, 0.25) is 0 Å². The molecule has 5 heteroatoms. The van der Waals surface area contributed by atoms with Crippen molar-refractivity contribution in [3.63, 3.8) is 0 Å². The maximum Gasteiger partial charge on any atom is 0.262 e. The summed E-state index contributed by atoms with van der Waals surface area (Å²) in [5.41, 5.74) is 3.07. The molecule has 0 fully saturated rings. The van der Waals surface area contributed by atoms with Crippen molar-refractivity contribution < 1.29 is 9.53 Å².